The van der Waals surface area contributed by atoms with Crippen LogP contribution in [0.1, 0.15) is 45.9 Å². The number of fused-ring (bicyclic) bond motifs is 1. The number of hydrogen-bond acceptors (Lipinski definition) is 7. The highest BCUT2D eigenvalue weighted by Crippen LogP contribution is 2.23. The molecule has 0 spiro atoms. The van der Waals surface area contributed by atoms with Gasteiger partial charge in [0.2, 0.25) is 5.95 Å². The fraction of sp³-hybridized carbons (Fsp3) is 0.722. The van der Waals surface area contributed by atoms with Gasteiger partial charge >= 0.3 is 0 Å². The fourth-order valence-corrected chi connectivity index (χ4v) is 2.82. The maximum absolute atomic E-state index is 10.3. The zero-order valence-electron chi connectivity index (χ0n) is 16.7. The molecule has 146 valence electrons. The van der Waals surface area contributed by atoms with Gasteiger partial charge < -0.3 is 25.6 Å². The first kappa shape index (κ1) is 20.4. The molecular formula is C18H33N7O. The molecule has 0 saturated heterocycles. The quantitative estimate of drug-likeness (QED) is 0.554. The molecule has 0 radical (unpaired) electrons. The molecule has 0 saturated carbocycles. The van der Waals surface area contributed by atoms with Crippen molar-refractivity contribution in [3.05, 3.63) is 5.82 Å². The average molecular weight is 364 g/mol. The van der Waals surface area contributed by atoms with Crippen molar-refractivity contribution in [2.24, 2.45) is 0 Å². The lowest BCUT2D eigenvalue weighted by atomic mass is 10.1. The van der Waals surface area contributed by atoms with E-state index in [1.807, 2.05) is 18.7 Å². The average Bonchev–Trinajstić information content (AvgIpc) is 2.86. The van der Waals surface area contributed by atoms with Crippen LogP contribution in [0, 0.1) is 0 Å². The van der Waals surface area contributed by atoms with Gasteiger partial charge in [0.1, 0.15) is 5.82 Å². The molecular weight excluding hydrogens is 330 g/mol. The SMILES string of the molecule is CCCCc1nc2c(N)nc(NCCCN(C)C)nc2n1CC(C)(C)O. The van der Waals surface area contributed by atoms with E-state index in [-0.39, 0.29) is 0 Å². The minimum atomic E-state index is -0.867. The maximum Gasteiger partial charge on any atom is 0.226 e. The van der Waals surface area contributed by atoms with E-state index in [1.165, 1.54) is 0 Å². The van der Waals surface area contributed by atoms with E-state index in [2.05, 4.69) is 32.1 Å². The summed E-state index contributed by atoms with van der Waals surface area (Å²) in [5, 5.41) is 13.6. The minimum Gasteiger partial charge on any atom is -0.389 e. The van der Waals surface area contributed by atoms with Crippen LogP contribution < -0.4 is 11.1 Å². The molecule has 8 nitrogen and oxygen atoms in total. The van der Waals surface area contributed by atoms with E-state index < -0.39 is 5.60 Å². The van der Waals surface area contributed by atoms with Gasteiger partial charge in [0.05, 0.1) is 12.1 Å². The Balaban J connectivity index is 2.33. The van der Waals surface area contributed by atoms with Gasteiger partial charge in [-0.25, -0.2) is 4.98 Å². The summed E-state index contributed by atoms with van der Waals surface area (Å²) in [4.78, 5) is 15.8. The van der Waals surface area contributed by atoms with Crippen LogP contribution in [-0.2, 0) is 13.0 Å². The van der Waals surface area contributed by atoms with Crippen molar-refractivity contribution in [1.82, 2.24) is 24.4 Å². The highest BCUT2D eigenvalue weighted by molar-refractivity contribution is 5.83. The molecule has 0 aliphatic rings. The third-order valence-corrected chi connectivity index (χ3v) is 4.06. The normalized spacial score (nSPS) is 12.3. The van der Waals surface area contributed by atoms with Crippen LogP contribution in [0.4, 0.5) is 11.8 Å². The Morgan fingerprint density at radius 3 is 2.54 bits per heavy atom. The largest absolute Gasteiger partial charge is 0.389 e. The highest BCUT2D eigenvalue weighted by Gasteiger charge is 2.21. The van der Waals surface area contributed by atoms with Crippen molar-refractivity contribution < 1.29 is 5.11 Å². The predicted octanol–water partition coefficient (Wildman–Crippen LogP) is 1.89. The van der Waals surface area contributed by atoms with Gasteiger partial charge in [-0.2, -0.15) is 9.97 Å². The summed E-state index contributed by atoms with van der Waals surface area (Å²) in [5.74, 6) is 1.78. The maximum atomic E-state index is 10.3. The first-order chi connectivity index (χ1) is 12.2. The molecule has 26 heavy (non-hydrogen) atoms. The Morgan fingerprint density at radius 2 is 1.92 bits per heavy atom. The van der Waals surface area contributed by atoms with E-state index in [9.17, 15) is 5.11 Å². The second-order valence-electron chi connectivity index (χ2n) is 7.72. The summed E-state index contributed by atoms with van der Waals surface area (Å²) in [6.45, 7) is 7.89. The van der Waals surface area contributed by atoms with Gasteiger partial charge in [-0.05, 0) is 47.3 Å². The molecule has 4 N–H and O–H groups in total. The number of rotatable bonds is 10. The zero-order valence-corrected chi connectivity index (χ0v) is 16.7. The summed E-state index contributed by atoms with van der Waals surface area (Å²) in [5.41, 5.74) is 6.57. The van der Waals surface area contributed by atoms with Crippen molar-refractivity contribution in [2.75, 3.05) is 38.2 Å². The number of nitrogens with zero attached hydrogens (tertiary/aromatic N) is 5. The first-order valence-electron chi connectivity index (χ1n) is 9.35. The number of unbranched alkanes of at least 4 members (excludes halogenated alkanes) is 1. The minimum absolute atomic E-state index is 0.373. The number of anilines is 2. The third-order valence-electron chi connectivity index (χ3n) is 4.06. The topological polar surface area (TPSA) is 105 Å². The number of nitrogen functional groups attached to an aromatic ring is 1. The Bertz CT molecular complexity index is 718. The molecule has 2 aromatic rings. The van der Waals surface area contributed by atoms with Crippen molar-refractivity contribution in [2.45, 2.75) is 58.6 Å². The summed E-state index contributed by atoms with van der Waals surface area (Å²) < 4.78 is 1.98. The molecule has 2 heterocycles. The molecule has 0 aromatic carbocycles. The molecule has 0 unspecified atom stereocenters. The van der Waals surface area contributed by atoms with Gasteiger partial charge in [0.25, 0.3) is 0 Å². The lowest BCUT2D eigenvalue weighted by Crippen LogP contribution is -2.27. The number of aryl methyl sites for hydroxylation is 1. The van der Waals surface area contributed by atoms with E-state index in [4.69, 9.17) is 5.73 Å². The van der Waals surface area contributed by atoms with Crippen LogP contribution in [0.2, 0.25) is 0 Å². The van der Waals surface area contributed by atoms with Gasteiger partial charge in [-0.15, -0.1) is 0 Å². The summed E-state index contributed by atoms with van der Waals surface area (Å²) in [6.07, 6.45) is 3.91. The van der Waals surface area contributed by atoms with Crippen LogP contribution in [0.15, 0.2) is 0 Å². The Labute approximate surface area is 155 Å². The Hall–Kier alpha value is -1.93. The highest BCUT2D eigenvalue weighted by atomic mass is 16.3. The van der Waals surface area contributed by atoms with Crippen molar-refractivity contribution in [3.8, 4) is 0 Å². The van der Waals surface area contributed by atoms with Crippen LogP contribution in [0.25, 0.3) is 11.2 Å². The summed E-state index contributed by atoms with van der Waals surface area (Å²) >= 11 is 0. The molecule has 0 amide bonds. The van der Waals surface area contributed by atoms with E-state index in [0.29, 0.717) is 29.5 Å². The molecule has 0 atom stereocenters. The molecule has 2 rings (SSSR count). The molecule has 0 aliphatic heterocycles. The molecule has 2 aromatic heterocycles. The number of hydrogen-bond donors (Lipinski definition) is 3. The van der Waals surface area contributed by atoms with Crippen molar-refractivity contribution in [1.29, 1.82) is 0 Å². The zero-order chi connectivity index (χ0) is 19.3. The Morgan fingerprint density at radius 1 is 1.19 bits per heavy atom. The summed E-state index contributed by atoms with van der Waals surface area (Å²) in [7, 11) is 4.10. The predicted molar refractivity (Wildman–Crippen MR) is 106 cm³/mol. The second-order valence-corrected chi connectivity index (χ2v) is 7.72. The second kappa shape index (κ2) is 8.64. The number of imidazole rings is 1. The summed E-state index contributed by atoms with van der Waals surface area (Å²) in [6, 6.07) is 0. The lowest BCUT2D eigenvalue weighted by molar-refractivity contribution is 0.0616. The van der Waals surface area contributed by atoms with E-state index in [0.717, 1.165) is 44.6 Å². The first-order valence-corrected chi connectivity index (χ1v) is 9.35. The monoisotopic (exact) mass is 363 g/mol. The molecule has 0 aliphatic carbocycles. The Kier molecular flexibility index (Phi) is 6.77. The van der Waals surface area contributed by atoms with Crippen molar-refractivity contribution in [3.63, 3.8) is 0 Å². The molecule has 0 bridgehead atoms. The third kappa shape index (κ3) is 5.54. The van der Waals surface area contributed by atoms with E-state index >= 15 is 0 Å². The molecule has 8 heteroatoms. The van der Waals surface area contributed by atoms with Gasteiger partial charge in [-0.3, -0.25) is 0 Å². The lowest BCUT2D eigenvalue weighted by Gasteiger charge is -2.20. The van der Waals surface area contributed by atoms with Crippen LogP contribution in [0.3, 0.4) is 0 Å². The number of nitrogens with two attached hydrogens (primary N) is 1. The smallest absolute Gasteiger partial charge is 0.226 e. The van der Waals surface area contributed by atoms with Gasteiger partial charge in [0.15, 0.2) is 17.0 Å². The van der Waals surface area contributed by atoms with Crippen molar-refractivity contribution >= 4 is 22.9 Å². The van der Waals surface area contributed by atoms with Gasteiger partial charge in [0, 0.05) is 13.0 Å². The van der Waals surface area contributed by atoms with Crippen LogP contribution >= 0.6 is 0 Å². The fourth-order valence-electron chi connectivity index (χ4n) is 2.82. The number of aliphatic hydroxyl groups is 1. The van der Waals surface area contributed by atoms with Crippen LogP contribution in [-0.4, -0.2) is 62.3 Å². The molecule has 0 fully saturated rings. The number of nitrogens with one attached hydrogen (secondary N) is 1. The van der Waals surface area contributed by atoms with Crippen LogP contribution in [0.5, 0.6) is 0 Å². The van der Waals surface area contributed by atoms with Gasteiger partial charge in [-0.1, -0.05) is 13.3 Å². The number of aromatic nitrogens is 4. The standard InChI is InChI=1S/C18H33N7O/c1-6-7-9-13-21-14-15(19)22-17(20-10-8-11-24(4)5)23-16(14)25(13)12-18(2,3)26/h26H,6-12H2,1-5H3,(H3,19,20,22,23). The van der Waals surface area contributed by atoms with E-state index in [1.54, 1.807) is 13.8 Å².